The molecule has 0 spiro atoms. The summed E-state index contributed by atoms with van der Waals surface area (Å²) < 4.78 is 7.30. The molecule has 20 heavy (non-hydrogen) atoms. The van der Waals surface area contributed by atoms with Gasteiger partial charge in [-0.1, -0.05) is 13.0 Å². The van der Waals surface area contributed by atoms with Gasteiger partial charge >= 0.3 is 0 Å². The third kappa shape index (κ3) is 2.01. The highest BCUT2D eigenvalue weighted by atomic mass is 16.5. The summed E-state index contributed by atoms with van der Waals surface area (Å²) in [7, 11) is 1.66. The van der Waals surface area contributed by atoms with E-state index < -0.39 is 0 Å². The first kappa shape index (κ1) is 12.6. The lowest BCUT2D eigenvalue weighted by Gasteiger charge is -2.10. The highest BCUT2D eigenvalue weighted by molar-refractivity contribution is 5.96. The number of rotatable bonds is 4. The smallest absolute Gasteiger partial charge is 0.158 e. The zero-order valence-electron chi connectivity index (χ0n) is 11.6. The van der Waals surface area contributed by atoms with E-state index in [2.05, 4.69) is 22.0 Å². The highest BCUT2D eigenvalue weighted by Crippen LogP contribution is 2.31. The molecule has 0 fully saturated rings. The van der Waals surface area contributed by atoms with Crippen molar-refractivity contribution < 1.29 is 4.74 Å². The van der Waals surface area contributed by atoms with Gasteiger partial charge in [0.2, 0.25) is 0 Å². The van der Waals surface area contributed by atoms with Crippen LogP contribution in [-0.4, -0.2) is 26.9 Å². The van der Waals surface area contributed by atoms with Crippen molar-refractivity contribution in [1.29, 1.82) is 0 Å². The van der Waals surface area contributed by atoms with Gasteiger partial charge < -0.3 is 4.74 Å². The van der Waals surface area contributed by atoms with Gasteiger partial charge in [-0.25, -0.2) is 9.67 Å². The molecule has 3 aromatic rings. The molecule has 0 atom stereocenters. The summed E-state index contributed by atoms with van der Waals surface area (Å²) in [5.41, 5.74) is 1.87. The topological polar surface area (TPSA) is 52.8 Å². The average Bonchev–Trinajstić information content (AvgIpc) is 2.94. The summed E-state index contributed by atoms with van der Waals surface area (Å²) in [4.78, 5) is 8.81. The monoisotopic (exact) mass is 268 g/mol. The Bertz CT molecular complexity index is 736. The molecule has 2 aromatic heterocycles. The fourth-order valence-electron chi connectivity index (χ4n) is 2.35. The molecule has 0 unspecified atom stereocenters. The first-order chi connectivity index (χ1) is 9.85. The normalized spacial score (nSPS) is 10.9. The first-order valence-corrected chi connectivity index (χ1v) is 6.65. The van der Waals surface area contributed by atoms with Crippen LogP contribution < -0.4 is 4.74 Å². The second-order valence-corrected chi connectivity index (χ2v) is 4.52. The zero-order chi connectivity index (χ0) is 13.9. The van der Waals surface area contributed by atoms with Crippen molar-refractivity contribution in [2.75, 3.05) is 7.11 Å². The molecular weight excluding hydrogens is 252 g/mol. The van der Waals surface area contributed by atoms with Crippen molar-refractivity contribution in [3.05, 3.63) is 36.8 Å². The van der Waals surface area contributed by atoms with E-state index in [4.69, 9.17) is 4.74 Å². The molecule has 0 radical (unpaired) electrons. The standard InChI is InChI=1S/C15H16N4O/c1-3-9-19-15(17-10-18-19)12-6-7-13(20-2)14-11(12)5-4-8-16-14/h4-8,10H,3,9H2,1-2H3. The highest BCUT2D eigenvalue weighted by Gasteiger charge is 2.13. The van der Waals surface area contributed by atoms with Gasteiger partial charge in [0, 0.05) is 23.7 Å². The van der Waals surface area contributed by atoms with Crippen LogP contribution in [0.3, 0.4) is 0 Å². The third-order valence-electron chi connectivity index (χ3n) is 3.24. The molecule has 2 heterocycles. The second kappa shape index (κ2) is 5.28. The Balaban J connectivity index is 2.24. The van der Waals surface area contributed by atoms with Gasteiger partial charge in [-0.15, -0.1) is 0 Å². The third-order valence-corrected chi connectivity index (χ3v) is 3.24. The number of methoxy groups -OCH3 is 1. The lowest BCUT2D eigenvalue weighted by Crippen LogP contribution is -2.02. The van der Waals surface area contributed by atoms with Crippen LogP contribution in [0.5, 0.6) is 5.75 Å². The molecule has 0 saturated heterocycles. The van der Waals surface area contributed by atoms with Crippen LogP contribution in [0.1, 0.15) is 13.3 Å². The van der Waals surface area contributed by atoms with Gasteiger partial charge in [0.15, 0.2) is 5.82 Å². The predicted molar refractivity (Wildman–Crippen MR) is 77.6 cm³/mol. The van der Waals surface area contributed by atoms with Crippen LogP contribution in [-0.2, 0) is 6.54 Å². The molecule has 0 aliphatic rings. The number of nitrogens with zero attached hydrogens (tertiary/aromatic N) is 4. The van der Waals surface area contributed by atoms with E-state index in [1.54, 1.807) is 19.6 Å². The average molecular weight is 268 g/mol. The molecule has 3 rings (SSSR count). The summed E-state index contributed by atoms with van der Waals surface area (Å²) in [5.74, 6) is 1.64. The largest absolute Gasteiger partial charge is 0.494 e. The van der Waals surface area contributed by atoms with Crippen LogP contribution in [0.15, 0.2) is 36.8 Å². The van der Waals surface area contributed by atoms with Crippen molar-refractivity contribution in [3.8, 4) is 17.1 Å². The predicted octanol–water partition coefficient (Wildman–Crippen LogP) is 2.91. The van der Waals surface area contributed by atoms with Gasteiger partial charge in [0.05, 0.1) is 7.11 Å². The summed E-state index contributed by atoms with van der Waals surface area (Å²) in [6.07, 6.45) is 4.38. The summed E-state index contributed by atoms with van der Waals surface area (Å²) in [5, 5.41) is 5.31. The Morgan fingerprint density at radius 1 is 1.20 bits per heavy atom. The maximum atomic E-state index is 5.37. The Morgan fingerprint density at radius 2 is 2.10 bits per heavy atom. The van der Waals surface area contributed by atoms with E-state index in [0.29, 0.717) is 0 Å². The number of hydrogen-bond acceptors (Lipinski definition) is 4. The minimum Gasteiger partial charge on any atom is -0.494 e. The number of benzene rings is 1. The molecule has 0 bridgehead atoms. The quantitative estimate of drug-likeness (QED) is 0.730. The molecule has 0 amide bonds. The van der Waals surface area contributed by atoms with Gasteiger partial charge in [-0.2, -0.15) is 5.10 Å². The maximum absolute atomic E-state index is 5.37. The van der Waals surface area contributed by atoms with Crippen molar-refractivity contribution >= 4 is 10.9 Å². The lowest BCUT2D eigenvalue weighted by molar-refractivity contribution is 0.419. The fraction of sp³-hybridized carbons (Fsp3) is 0.267. The van der Waals surface area contributed by atoms with Crippen LogP contribution in [0, 0.1) is 0 Å². The van der Waals surface area contributed by atoms with E-state index in [9.17, 15) is 0 Å². The van der Waals surface area contributed by atoms with Gasteiger partial charge in [0.25, 0.3) is 0 Å². The summed E-state index contributed by atoms with van der Waals surface area (Å²) in [6.45, 7) is 2.97. The number of fused-ring (bicyclic) bond motifs is 1. The lowest BCUT2D eigenvalue weighted by atomic mass is 10.1. The van der Waals surface area contributed by atoms with E-state index in [1.807, 2.05) is 28.9 Å². The Hall–Kier alpha value is -2.43. The van der Waals surface area contributed by atoms with Crippen LogP contribution in [0.2, 0.25) is 0 Å². The zero-order valence-corrected chi connectivity index (χ0v) is 11.6. The molecule has 1 aromatic carbocycles. The van der Waals surface area contributed by atoms with Gasteiger partial charge in [-0.05, 0) is 24.6 Å². The molecule has 0 aliphatic heterocycles. The van der Waals surface area contributed by atoms with Crippen LogP contribution in [0.25, 0.3) is 22.3 Å². The molecule has 0 N–H and O–H groups in total. The van der Waals surface area contributed by atoms with Gasteiger partial charge in [0.1, 0.15) is 17.6 Å². The van der Waals surface area contributed by atoms with E-state index >= 15 is 0 Å². The van der Waals surface area contributed by atoms with E-state index in [0.717, 1.165) is 41.0 Å². The molecule has 5 heteroatoms. The van der Waals surface area contributed by atoms with Crippen molar-refractivity contribution in [3.63, 3.8) is 0 Å². The number of pyridine rings is 1. The molecule has 0 aliphatic carbocycles. The first-order valence-electron chi connectivity index (χ1n) is 6.65. The minimum absolute atomic E-state index is 0.769. The second-order valence-electron chi connectivity index (χ2n) is 4.52. The number of aryl methyl sites for hydroxylation is 1. The SMILES string of the molecule is CCCn1ncnc1-c1ccc(OC)c2ncccc12. The molecular formula is C15H16N4O. The van der Waals surface area contributed by atoms with Crippen molar-refractivity contribution in [2.24, 2.45) is 0 Å². The van der Waals surface area contributed by atoms with E-state index in [1.165, 1.54) is 0 Å². The number of hydrogen-bond donors (Lipinski definition) is 0. The summed E-state index contributed by atoms with van der Waals surface area (Å²) >= 11 is 0. The minimum atomic E-state index is 0.769. The van der Waals surface area contributed by atoms with Crippen molar-refractivity contribution in [2.45, 2.75) is 19.9 Å². The number of aromatic nitrogens is 4. The van der Waals surface area contributed by atoms with Crippen molar-refractivity contribution in [1.82, 2.24) is 19.7 Å². The van der Waals surface area contributed by atoms with Gasteiger partial charge in [-0.3, -0.25) is 4.98 Å². The fourth-order valence-corrected chi connectivity index (χ4v) is 2.35. The Labute approximate surface area is 117 Å². The molecule has 102 valence electrons. The Morgan fingerprint density at radius 3 is 2.90 bits per heavy atom. The van der Waals surface area contributed by atoms with Crippen LogP contribution in [0.4, 0.5) is 0 Å². The Kier molecular flexibility index (Phi) is 3.33. The summed E-state index contributed by atoms with van der Waals surface area (Å²) in [6, 6.07) is 7.89. The van der Waals surface area contributed by atoms with E-state index in [-0.39, 0.29) is 0 Å². The maximum Gasteiger partial charge on any atom is 0.158 e. The number of ether oxygens (including phenoxy) is 1. The molecule has 5 nitrogen and oxygen atoms in total. The molecule has 0 saturated carbocycles. The van der Waals surface area contributed by atoms with Crippen LogP contribution >= 0.6 is 0 Å².